The molecule has 3 rings (SSSR count). The summed E-state index contributed by atoms with van der Waals surface area (Å²) in [5.74, 6) is 0. The number of likely N-dealkylation sites (N-methyl/N-ethyl adjacent to an activating group) is 2. The highest BCUT2D eigenvalue weighted by atomic mass is 79.9. The molecule has 4 nitrogen and oxygen atoms in total. The first-order chi connectivity index (χ1) is 15.0. The maximum atomic E-state index is 13.7. The molecule has 0 atom stereocenters. The third-order valence-corrected chi connectivity index (χ3v) is 6.98. The van der Waals surface area contributed by atoms with Crippen molar-refractivity contribution in [3.63, 3.8) is 0 Å². The molecule has 1 fully saturated rings. The standard InChI is InChI=1S/C23H29BrClF3N4/c1-29(2)8-9-30(3)18-4-6-20(23(26,27)28)17(14-18)16-31-10-12-32(13-11-31)19-5-7-21(24)22(25)15-19/h4-7,14-15H,8-13,16H2,1-3H3. The average Bonchev–Trinajstić information content (AvgIpc) is 2.73. The minimum Gasteiger partial charge on any atom is -0.373 e. The largest absolute Gasteiger partial charge is 0.416 e. The molecule has 2 aromatic rings. The monoisotopic (exact) mass is 532 g/mol. The first kappa shape index (κ1) is 25.1. The second kappa shape index (κ2) is 10.6. The van der Waals surface area contributed by atoms with Gasteiger partial charge in [0.15, 0.2) is 0 Å². The summed E-state index contributed by atoms with van der Waals surface area (Å²) < 4.78 is 41.9. The average molecular weight is 534 g/mol. The van der Waals surface area contributed by atoms with Crippen molar-refractivity contribution >= 4 is 38.9 Å². The summed E-state index contributed by atoms with van der Waals surface area (Å²) in [6, 6.07) is 10.3. The highest BCUT2D eigenvalue weighted by molar-refractivity contribution is 9.10. The van der Waals surface area contributed by atoms with Gasteiger partial charge < -0.3 is 14.7 Å². The lowest BCUT2D eigenvalue weighted by atomic mass is 10.0. The van der Waals surface area contributed by atoms with Crippen LogP contribution < -0.4 is 9.80 Å². The summed E-state index contributed by atoms with van der Waals surface area (Å²) in [6.07, 6.45) is -4.37. The maximum Gasteiger partial charge on any atom is 0.416 e. The molecule has 1 aliphatic heterocycles. The van der Waals surface area contributed by atoms with Crippen molar-refractivity contribution < 1.29 is 13.2 Å². The van der Waals surface area contributed by atoms with Crippen LogP contribution in [0.15, 0.2) is 40.9 Å². The summed E-state index contributed by atoms with van der Waals surface area (Å²) in [6.45, 7) is 4.70. The minimum atomic E-state index is -4.37. The highest BCUT2D eigenvalue weighted by Gasteiger charge is 2.34. The van der Waals surface area contributed by atoms with E-state index in [0.717, 1.165) is 42.0 Å². The van der Waals surface area contributed by atoms with Gasteiger partial charge in [0.05, 0.1) is 10.6 Å². The van der Waals surface area contributed by atoms with Crippen molar-refractivity contribution in [2.24, 2.45) is 0 Å². The number of rotatable bonds is 7. The van der Waals surface area contributed by atoms with E-state index in [-0.39, 0.29) is 6.54 Å². The Labute approximate surface area is 201 Å². The first-order valence-electron chi connectivity index (χ1n) is 10.5. The molecule has 0 saturated carbocycles. The molecular weight excluding hydrogens is 505 g/mol. The predicted molar refractivity (Wildman–Crippen MR) is 130 cm³/mol. The molecule has 176 valence electrons. The fourth-order valence-corrected chi connectivity index (χ4v) is 4.21. The van der Waals surface area contributed by atoms with E-state index in [2.05, 4.69) is 30.6 Å². The predicted octanol–water partition coefficient (Wildman–Crippen LogP) is 5.44. The molecule has 1 aliphatic rings. The molecule has 0 aliphatic carbocycles. The van der Waals surface area contributed by atoms with Gasteiger partial charge >= 0.3 is 6.18 Å². The maximum absolute atomic E-state index is 13.7. The third-order valence-electron chi connectivity index (χ3n) is 5.75. The van der Waals surface area contributed by atoms with Gasteiger partial charge in [-0.3, -0.25) is 4.90 Å². The molecule has 0 bridgehead atoms. The van der Waals surface area contributed by atoms with Crippen LogP contribution in [-0.2, 0) is 12.7 Å². The molecule has 0 spiro atoms. The Bertz CT molecular complexity index is 915. The van der Waals surface area contributed by atoms with E-state index < -0.39 is 11.7 Å². The topological polar surface area (TPSA) is 13.0 Å². The van der Waals surface area contributed by atoms with Gasteiger partial charge in [-0.1, -0.05) is 11.6 Å². The van der Waals surface area contributed by atoms with E-state index in [0.29, 0.717) is 23.7 Å². The highest BCUT2D eigenvalue weighted by Crippen LogP contribution is 2.35. The van der Waals surface area contributed by atoms with Crippen LogP contribution in [0.3, 0.4) is 0 Å². The van der Waals surface area contributed by atoms with Gasteiger partial charge in [0.2, 0.25) is 0 Å². The van der Waals surface area contributed by atoms with Gasteiger partial charge in [-0.15, -0.1) is 0 Å². The normalized spacial score (nSPS) is 15.5. The molecule has 1 saturated heterocycles. The molecule has 0 radical (unpaired) electrons. The van der Waals surface area contributed by atoms with Crippen LogP contribution in [0.25, 0.3) is 0 Å². The summed E-state index contributed by atoms with van der Waals surface area (Å²) >= 11 is 9.61. The number of benzene rings is 2. The molecule has 0 N–H and O–H groups in total. The first-order valence-corrected chi connectivity index (χ1v) is 11.7. The van der Waals surface area contributed by atoms with E-state index >= 15 is 0 Å². The van der Waals surface area contributed by atoms with Crippen LogP contribution in [0.1, 0.15) is 11.1 Å². The number of alkyl halides is 3. The zero-order chi connectivity index (χ0) is 23.5. The zero-order valence-corrected chi connectivity index (χ0v) is 20.9. The fourth-order valence-electron chi connectivity index (χ4n) is 3.79. The molecule has 1 heterocycles. The van der Waals surface area contributed by atoms with Crippen LogP contribution in [0.4, 0.5) is 24.5 Å². The summed E-state index contributed by atoms with van der Waals surface area (Å²) in [4.78, 5) is 8.36. The van der Waals surface area contributed by atoms with Crippen molar-refractivity contribution in [1.82, 2.24) is 9.80 Å². The van der Waals surface area contributed by atoms with Crippen LogP contribution >= 0.6 is 27.5 Å². The number of halogens is 5. The second-order valence-electron chi connectivity index (χ2n) is 8.43. The quantitative estimate of drug-likeness (QED) is 0.470. The number of hydrogen-bond donors (Lipinski definition) is 0. The second-order valence-corrected chi connectivity index (χ2v) is 9.69. The molecule has 2 aromatic carbocycles. The Hall–Kier alpha value is -1.48. The van der Waals surface area contributed by atoms with Gasteiger partial charge in [-0.2, -0.15) is 13.2 Å². The van der Waals surface area contributed by atoms with E-state index in [1.165, 1.54) is 6.07 Å². The van der Waals surface area contributed by atoms with E-state index in [1.807, 2.05) is 44.2 Å². The lowest BCUT2D eigenvalue weighted by molar-refractivity contribution is -0.138. The van der Waals surface area contributed by atoms with Crippen molar-refractivity contribution in [3.05, 3.63) is 57.0 Å². The Kier molecular flexibility index (Phi) is 8.36. The lowest BCUT2D eigenvalue weighted by Gasteiger charge is -2.36. The Morgan fingerprint density at radius 2 is 1.66 bits per heavy atom. The zero-order valence-electron chi connectivity index (χ0n) is 18.6. The van der Waals surface area contributed by atoms with Crippen LogP contribution in [0.2, 0.25) is 5.02 Å². The molecule has 32 heavy (non-hydrogen) atoms. The minimum absolute atomic E-state index is 0.277. The Morgan fingerprint density at radius 1 is 0.969 bits per heavy atom. The van der Waals surface area contributed by atoms with Crippen molar-refractivity contribution in [2.45, 2.75) is 12.7 Å². The number of hydrogen-bond acceptors (Lipinski definition) is 4. The van der Waals surface area contributed by atoms with E-state index in [1.54, 1.807) is 12.1 Å². The van der Waals surface area contributed by atoms with Gasteiger partial charge in [0, 0.05) is 68.7 Å². The van der Waals surface area contributed by atoms with Crippen molar-refractivity contribution in [3.8, 4) is 0 Å². The Morgan fingerprint density at radius 3 is 2.25 bits per heavy atom. The van der Waals surface area contributed by atoms with Crippen LogP contribution in [0, 0.1) is 0 Å². The molecule has 0 aromatic heterocycles. The molecular formula is C23H29BrClF3N4. The number of piperazine rings is 1. The lowest BCUT2D eigenvalue weighted by Crippen LogP contribution is -2.46. The molecule has 9 heteroatoms. The fraction of sp³-hybridized carbons (Fsp3) is 0.478. The van der Waals surface area contributed by atoms with E-state index in [4.69, 9.17) is 11.6 Å². The van der Waals surface area contributed by atoms with Crippen molar-refractivity contribution in [1.29, 1.82) is 0 Å². The van der Waals surface area contributed by atoms with Crippen molar-refractivity contribution in [2.75, 3.05) is 70.2 Å². The number of anilines is 2. The van der Waals surface area contributed by atoms with Gasteiger partial charge in [0.25, 0.3) is 0 Å². The van der Waals surface area contributed by atoms with Crippen LogP contribution in [0.5, 0.6) is 0 Å². The van der Waals surface area contributed by atoms with Crippen LogP contribution in [-0.4, -0.2) is 70.2 Å². The SMILES string of the molecule is CN(C)CCN(C)c1ccc(C(F)(F)F)c(CN2CCN(c3ccc(Br)c(Cl)c3)CC2)c1. The third kappa shape index (κ3) is 6.53. The Balaban J connectivity index is 1.71. The molecule has 0 unspecified atom stereocenters. The van der Waals surface area contributed by atoms with Gasteiger partial charge in [0.1, 0.15) is 0 Å². The summed E-state index contributed by atoms with van der Waals surface area (Å²) in [7, 11) is 5.87. The van der Waals surface area contributed by atoms with E-state index in [9.17, 15) is 13.2 Å². The number of nitrogens with zero attached hydrogens (tertiary/aromatic N) is 4. The smallest absolute Gasteiger partial charge is 0.373 e. The van der Waals surface area contributed by atoms with Gasteiger partial charge in [-0.25, -0.2) is 0 Å². The summed E-state index contributed by atoms with van der Waals surface area (Å²) in [5, 5.41) is 0.648. The molecule has 0 amide bonds. The summed E-state index contributed by atoms with van der Waals surface area (Å²) in [5.41, 5.74) is 1.60. The van der Waals surface area contributed by atoms with Gasteiger partial charge in [-0.05, 0) is 72.0 Å².